The van der Waals surface area contributed by atoms with Crippen molar-refractivity contribution < 1.29 is 18.7 Å². The summed E-state index contributed by atoms with van der Waals surface area (Å²) in [7, 11) is 0. The summed E-state index contributed by atoms with van der Waals surface area (Å²) in [6.07, 6.45) is 2.04. The molecule has 1 fully saturated rings. The third-order valence-electron chi connectivity index (χ3n) is 5.99. The summed E-state index contributed by atoms with van der Waals surface area (Å²) in [5, 5.41) is 3.00. The van der Waals surface area contributed by atoms with Crippen molar-refractivity contribution in [3.63, 3.8) is 0 Å². The van der Waals surface area contributed by atoms with Gasteiger partial charge in [-0.3, -0.25) is 9.59 Å². The van der Waals surface area contributed by atoms with E-state index >= 15 is 0 Å². The van der Waals surface area contributed by atoms with E-state index in [0.717, 1.165) is 29.5 Å². The number of hydrogen-bond donors (Lipinski definition) is 1. The summed E-state index contributed by atoms with van der Waals surface area (Å²) in [6, 6.07) is 23.9. The lowest BCUT2D eigenvalue weighted by molar-refractivity contribution is -0.141. The second-order valence-electron chi connectivity index (χ2n) is 8.50. The largest absolute Gasteiger partial charge is 0.376 e. The van der Waals surface area contributed by atoms with Crippen LogP contribution in [0.3, 0.4) is 0 Å². The van der Waals surface area contributed by atoms with Gasteiger partial charge in [0.2, 0.25) is 11.8 Å². The molecule has 1 aliphatic heterocycles. The summed E-state index contributed by atoms with van der Waals surface area (Å²) in [5.74, 6) is -0.790. The van der Waals surface area contributed by atoms with Crippen LogP contribution in [-0.4, -0.2) is 36.0 Å². The first-order valence-corrected chi connectivity index (χ1v) is 11.6. The molecule has 0 spiro atoms. The maximum absolute atomic E-state index is 13.6. The third-order valence-corrected chi connectivity index (χ3v) is 5.99. The highest BCUT2D eigenvalue weighted by atomic mass is 19.1. The Hall–Kier alpha value is -3.51. The number of rotatable bonds is 9. The molecule has 0 aliphatic carbocycles. The first-order valence-electron chi connectivity index (χ1n) is 11.6. The Kier molecular flexibility index (Phi) is 8.04. The second kappa shape index (κ2) is 11.6. The van der Waals surface area contributed by atoms with Gasteiger partial charge in [-0.05, 0) is 41.7 Å². The summed E-state index contributed by atoms with van der Waals surface area (Å²) in [6.45, 7) is 1.28. The van der Waals surface area contributed by atoms with E-state index < -0.39 is 6.04 Å². The molecule has 2 atom stereocenters. The molecule has 1 saturated heterocycles. The molecule has 176 valence electrons. The zero-order valence-corrected chi connectivity index (χ0v) is 19.0. The van der Waals surface area contributed by atoms with Crippen LogP contribution >= 0.6 is 0 Å². The van der Waals surface area contributed by atoms with Gasteiger partial charge in [-0.25, -0.2) is 4.39 Å². The van der Waals surface area contributed by atoms with Crippen LogP contribution < -0.4 is 5.32 Å². The van der Waals surface area contributed by atoms with Gasteiger partial charge >= 0.3 is 0 Å². The lowest BCUT2D eigenvalue weighted by atomic mass is 10.0. The van der Waals surface area contributed by atoms with Crippen LogP contribution in [0.1, 0.15) is 35.6 Å². The van der Waals surface area contributed by atoms with Gasteiger partial charge in [0.25, 0.3) is 0 Å². The molecule has 1 N–H and O–H groups in total. The number of benzene rings is 3. The highest BCUT2D eigenvalue weighted by molar-refractivity contribution is 5.89. The molecular weight excluding hydrogens is 431 g/mol. The summed E-state index contributed by atoms with van der Waals surface area (Å²) in [4.78, 5) is 28.7. The Morgan fingerprint density at radius 2 is 1.62 bits per heavy atom. The van der Waals surface area contributed by atoms with Gasteiger partial charge in [0.1, 0.15) is 11.9 Å². The summed E-state index contributed by atoms with van der Waals surface area (Å²) in [5.41, 5.74) is 2.33. The Balaban J connectivity index is 1.64. The Morgan fingerprint density at radius 1 is 0.941 bits per heavy atom. The number of nitrogens with zero attached hydrogens (tertiary/aromatic N) is 1. The quantitative estimate of drug-likeness (QED) is 0.514. The molecule has 3 aromatic rings. The van der Waals surface area contributed by atoms with E-state index in [9.17, 15) is 14.0 Å². The van der Waals surface area contributed by atoms with Gasteiger partial charge in [-0.15, -0.1) is 0 Å². The van der Waals surface area contributed by atoms with Crippen molar-refractivity contribution in [1.82, 2.24) is 10.2 Å². The van der Waals surface area contributed by atoms with Crippen LogP contribution in [0.5, 0.6) is 0 Å². The fraction of sp³-hybridized carbons (Fsp3) is 0.286. The van der Waals surface area contributed by atoms with Gasteiger partial charge in [-0.2, -0.15) is 0 Å². The summed E-state index contributed by atoms with van der Waals surface area (Å²) >= 11 is 0. The molecule has 1 aliphatic rings. The Labute approximate surface area is 199 Å². The van der Waals surface area contributed by atoms with E-state index in [-0.39, 0.29) is 36.7 Å². The highest BCUT2D eigenvalue weighted by Crippen LogP contribution is 2.25. The van der Waals surface area contributed by atoms with Gasteiger partial charge in [0.15, 0.2) is 0 Å². The van der Waals surface area contributed by atoms with Crippen molar-refractivity contribution >= 4 is 11.8 Å². The first kappa shape index (κ1) is 23.6. The van der Waals surface area contributed by atoms with E-state index in [1.165, 1.54) is 12.1 Å². The minimum absolute atomic E-state index is 0.00839. The molecule has 6 heteroatoms. The number of hydrogen-bond acceptors (Lipinski definition) is 3. The van der Waals surface area contributed by atoms with E-state index in [2.05, 4.69) is 5.32 Å². The van der Waals surface area contributed by atoms with Crippen molar-refractivity contribution in [3.8, 4) is 0 Å². The zero-order valence-electron chi connectivity index (χ0n) is 19.0. The molecule has 2 amide bonds. The maximum Gasteiger partial charge on any atom is 0.247 e. The maximum atomic E-state index is 13.6. The van der Waals surface area contributed by atoms with Crippen LogP contribution in [0.2, 0.25) is 0 Å². The fourth-order valence-electron chi connectivity index (χ4n) is 4.21. The Morgan fingerprint density at radius 3 is 2.26 bits per heavy atom. The highest BCUT2D eigenvalue weighted by Gasteiger charge is 2.32. The van der Waals surface area contributed by atoms with Crippen LogP contribution in [0, 0.1) is 5.82 Å². The SMILES string of the molecule is O=C(NC[C@H]1CCCO1)[C@H](c1ccccc1)N(Cc1ccc(F)cc1)C(=O)Cc1ccccc1. The predicted octanol–water partition coefficient (Wildman–Crippen LogP) is 4.43. The first-order chi connectivity index (χ1) is 16.6. The number of nitrogens with one attached hydrogen (secondary N) is 1. The van der Waals surface area contributed by atoms with Crippen LogP contribution in [-0.2, 0) is 27.3 Å². The molecule has 0 radical (unpaired) electrons. The molecule has 34 heavy (non-hydrogen) atoms. The lowest BCUT2D eigenvalue weighted by Gasteiger charge is -2.32. The van der Waals surface area contributed by atoms with Gasteiger partial charge < -0.3 is 15.0 Å². The molecule has 3 aromatic carbocycles. The number of carbonyl (C=O) groups excluding carboxylic acids is 2. The zero-order chi connectivity index (χ0) is 23.8. The molecule has 0 unspecified atom stereocenters. The van der Waals surface area contributed by atoms with E-state index in [1.54, 1.807) is 17.0 Å². The third kappa shape index (κ3) is 6.29. The van der Waals surface area contributed by atoms with Crippen molar-refractivity contribution in [2.24, 2.45) is 0 Å². The fourth-order valence-corrected chi connectivity index (χ4v) is 4.21. The number of halogens is 1. The van der Waals surface area contributed by atoms with Crippen molar-refractivity contribution in [2.75, 3.05) is 13.2 Å². The second-order valence-corrected chi connectivity index (χ2v) is 8.50. The number of carbonyl (C=O) groups is 2. The molecule has 1 heterocycles. The molecule has 0 aromatic heterocycles. The Bertz CT molecular complexity index is 1070. The molecule has 4 rings (SSSR count). The van der Waals surface area contributed by atoms with E-state index in [1.807, 2.05) is 60.7 Å². The van der Waals surface area contributed by atoms with Crippen LogP contribution in [0.4, 0.5) is 4.39 Å². The molecule has 5 nitrogen and oxygen atoms in total. The lowest BCUT2D eigenvalue weighted by Crippen LogP contribution is -2.45. The normalized spacial score (nSPS) is 16.1. The molecule has 0 bridgehead atoms. The van der Waals surface area contributed by atoms with Crippen LogP contribution in [0.25, 0.3) is 0 Å². The minimum Gasteiger partial charge on any atom is -0.376 e. The standard InChI is InChI=1S/C28H29FN2O3/c29-24-15-13-22(14-16-24)20-31(26(32)18-21-8-3-1-4-9-21)27(23-10-5-2-6-11-23)28(33)30-19-25-12-7-17-34-25/h1-6,8-11,13-16,25,27H,7,12,17-20H2,(H,30,33)/t25-,27+/m1/s1. The monoisotopic (exact) mass is 460 g/mol. The predicted molar refractivity (Wildman–Crippen MR) is 128 cm³/mol. The van der Waals surface area contributed by atoms with Crippen molar-refractivity contribution in [1.29, 1.82) is 0 Å². The average Bonchev–Trinajstić information content (AvgIpc) is 3.39. The smallest absolute Gasteiger partial charge is 0.247 e. The number of ether oxygens (including phenoxy) is 1. The van der Waals surface area contributed by atoms with Gasteiger partial charge in [-0.1, -0.05) is 72.8 Å². The van der Waals surface area contributed by atoms with Gasteiger partial charge in [0.05, 0.1) is 12.5 Å². The van der Waals surface area contributed by atoms with E-state index in [4.69, 9.17) is 4.74 Å². The summed E-state index contributed by atoms with van der Waals surface area (Å²) < 4.78 is 19.2. The minimum atomic E-state index is -0.830. The molecular formula is C28H29FN2O3. The van der Waals surface area contributed by atoms with E-state index in [0.29, 0.717) is 13.2 Å². The molecule has 0 saturated carbocycles. The average molecular weight is 461 g/mol. The topological polar surface area (TPSA) is 58.6 Å². The van der Waals surface area contributed by atoms with Crippen molar-refractivity contribution in [3.05, 3.63) is 107 Å². The van der Waals surface area contributed by atoms with Crippen molar-refractivity contribution in [2.45, 2.75) is 38.0 Å². The number of amides is 2. The van der Waals surface area contributed by atoms with Gasteiger partial charge in [0, 0.05) is 19.7 Å². The van der Waals surface area contributed by atoms with Crippen LogP contribution in [0.15, 0.2) is 84.9 Å².